The summed E-state index contributed by atoms with van der Waals surface area (Å²) in [7, 11) is 1.66. The molecular weight excluding hydrogens is 469 g/mol. The molecule has 0 saturated carbocycles. The number of nitrogens with one attached hydrogen (secondary N) is 2. The van der Waals surface area contributed by atoms with Crippen LogP contribution in [0.15, 0.2) is 23.3 Å². The molecule has 1 aliphatic rings. The number of pyridine rings is 1. The third-order valence-corrected chi connectivity index (χ3v) is 4.82. The number of hydrogen-bond acceptors (Lipinski definition) is 5. The number of guanidine groups is 1. The number of rotatable bonds is 9. The average Bonchev–Trinajstić information content (AvgIpc) is 3.02. The van der Waals surface area contributed by atoms with E-state index < -0.39 is 0 Å². The number of aromatic nitrogens is 1. The summed E-state index contributed by atoms with van der Waals surface area (Å²) in [5, 5.41) is 6.96. The summed E-state index contributed by atoms with van der Waals surface area (Å²) in [6.07, 6.45) is 1.74. The van der Waals surface area contributed by atoms with Gasteiger partial charge >= 0.3 is 0 Å². The van der Waals surface area contributed by atoms with Crippen LogP contribution in [-0.2, 0) is 11.3 Å². The zero-order valence-corrected chi connectivity index (χ0v) is 20.1. The van der Waals surface area contributed by atoms with Crippen molar-refractivity contribution in [3.8, 4) is 5.88 Å². The first-order valence-corrected chi connectivity index (χ1v) is 9.89. The first kappa shape index (κ1) is 24.9. The summed E-state index contributed by atoms with van der Waals surface area (Å²) < 4.78 is 10.7. The molecule has 0 aliphatic carbocycles. The number of hydrogen-bond donors (Lipinski definition) is 2. The molecule has 2 rings (SSSR count). The van der Waals surface area contributed by atoms with Gasteiger partial charge in [0, 0.05) is 50.6 Å². The summed E-state index contributed by atoms with van der Waals surface area (Å²) in [5.41, 5.74) is 0.967. The third-order valence-electron chi connectivity index (χ3n) is 4.82. The van der Waals surface area contributed by atoms with Crippen LogP contribution >= 0.6 is 24.0 Å². The molecule has 2 unspecified atom stereocenters. The molecule has 0 aromatic carbocycles. The summed E-state index contributed by atoms with van der Waals surface area (Å²) in [4.78, 5) is 11.6. The number of likely N-dealkylation sites (tertiary alicyclic amines) is 1. The second kappa shape index (κ2) is 13.2. The Morgan fingerprint density at radius 3 is 2.79 bits per heavy atom. The van der Waals surface area contributed by atoms with Crippen LogP contribution in [0.5, 0.6) is 5.88 Å². The van der Waals surface area contributed by atoms with Crippen molar-refractivity contribution in [1.82, 2.24) is 20.5 Å². The molecule has 0 amide bonds. The molecule has 0 bridgehead atoms. The topological polar surface area (TPSA) is 71.0 Å². The number of aliphatic imine (C=N–C) groups is 1. The molecule has 1 saturated heterocycles. The predicted molar refractivity (Wildman–Crippen MR) is 125 cm³/mol. The van der Waals surface area contributed by atoms with Gasteiger partial charge < -0.3 is 20.1 Å². The van der Waals surface area contributed by atoms with Gasteiger partial charge in [-0.25, -0.2) is 9.98 Å². The second-order valence-corrected chi connectivity index (χ2v) is 7.28. The van der Waals surface area contributed by atoms with Gasteiger partial charge in [0.25, 0.3) is 0 Å². The van der Waals surface area contributed by atoms with Gasteiger partial charge in [-0.3, -0.25) is 4.90 Å². The molecular formula is C20H36IN5O2. The minimum absolute atomic E-state index is 0. The van der Waals surface area contributed by atoms with Gasteiger partial charge in [0.05, 0.1) is 13.2 Å². The molecule has 0 radical (unpaired) electrons. The molecule has 28 heavy (non-hydrogen) atoms. The average molecular weight is 505 g/mol. The fourth-order valence-corrected chi connectivity index (χ4v) is 3.17. The Labute approximate surface area is 186 Å². The number of methoxy groups -OCH3 is 1. The number of halogens is 1. The van der Waals surface area contributed by atoms with E-state index >= 15 is 0 Å². The van der Waals surface area contributed by atoms with Crippen molar-refractivity contribution in [2.45, 2.75) is 46.3 Å². The van der Waals surface area contributed by atoms with Crippen LogP contribution < -0.4 is 15.4 Å². The van der Waals surface area contributed by atoms with E-state index in [-0.39, 0.29) is 24.0 Å². The molecule has 2 heterocycles. The Hall–Kier alpha value is -1.13. The Morgan fingerprint density at radius 1 is 1.36 bits per heavy atom. The smallest absolute Gasteiger partial charge is 0.218 e. The van der Waals surface area contributed by atoms with Crippen molar-refractivity contribution < 1.29 is 9.47 Å². The van der Waals surface area contributed by atoms with Gasteiger partial charge in [-0.05, 0) is 32.8 Å². The Morgan fingerprint density at radius 2 is 2.14 bits per heavy atom. The van der Waals surface area contributed by atoms with Crippen LogP contribution in [0, 0.1) is 5.92 Å². The van der Waals surface area contributed by atoms with Gasteiger partial charge in [0.15, 0.2) is 5.96 Å². The summed E-state index contributed by atoms with van der Waals surface area (Å²) >= 11 is 0. The second-order valence-electron chi connectivity index (χ2n) is 7.28. The standard InChI is InChI=1S/C20H35N5O2.HI/c1-6-21-20(24-18-14-25(15(2)3)13-16(18)4)23-12-17-8-7-9-22-19(17)27-11-10-26-5;/h7-9,15-16,18H,6,10-14H2,1-5H3,(H2,21,23,24);1H. The molecule has 0 spiro atoms. The van der Waals surface area contributed by atoms with E-state index in [9.17, 15) is 0 Å². The van der Waals surface area contributed by atoms with Crippen LogP contribution in [0.2, 0.25) is 0 Å². The minimum Gasteiger partial charge on any atom is -0.475 e. The first-order valence-electron chi connectivity index (χ1n) is 9.89. The predicted octanol–water partition coefficient (Wildman–Crippen LogP) is 2.51. The highest BCUT2D eigenvalue weighted by molar-refractivity contribution is 14.0. The SMILES string of the molecule is CCNC(=NCc1cccnc1OCCOC)NC1CN(C(C)C)CC1C.I. The van der Waals surface area contributed by atoms with Crippen LogP contribution in [0.25, 0.3) is 0 Å². The van der Waals surface area contributed by atoms with Crippen molar-refractivity contribution >= 4 is 29.9 Å². The molecule has 8 heteroatoms. The third kappa shape index (κ3) is 7.71. The van der Waals surface area contributed by atoms with Crippen molar-refractivity contribution in [3.63, 3.8) is 0 Å². The zero-order chi connectivity index (χ0) is 19.6. The Kier molecular flexibility index (Phi) is 11.7. The molecule has 1 fully saturated rings. The Balaban J connectivity index is 0.00000392. The van der Waals surface area contributed by atoms with Crippen molar-refractivity contribution in [2.75, 3.05) is 40.0 Å². The summed E-state index contributed by atoms with van der Waals surface area (Å²) in [5.74, 6) is 2.05. The van der Waals surface area contributed by atoms with E-state index in [4.69, 9.17) is 14.5 Å². The van der Waals surface area contributed by atoms with Gasteiger partial charge in [-0.15, -0.1) is 24.0 Å². The summed E-state index contributed by atoms with van der Waals surface area (Å²) in [6.45, 7) is 13.4. The molecule has 1 aromatic heterocycles. The molecule has 1 aliphatic heterocycles. The quantitative estimate of drug-likeness (QED) is 0.233. The van der Waals surface area contributed by atoms with Crippen LogP contribution in [0.3, 0.4) is 0 Å². The van der Waals surface area contributed by atoms with E-state index in [0.29, 0.717) is 43.6 Å². The van der Waals surface area contributed by atoms with Crippen LogP contribution in [0.1, 0.15) is 33.3 Å². The van der Waals surface area contributed by atoms with Crippen molar-refractivity contribution in [1.29, 1.82) is 0 Å². The fraction of sp³-hybridized carbons (Fsp3) is 0.700. The van der Waals surface area contributed by atoms with Gasteiger partial charge in [0.2, 0.25) is 5.88 Å². The maximum atomic E-state index is 5.71. The lowest BCUT2D eigenvalue weighted by Crippen LogP contribution is -2.46. The highest BCUT2D eigenvalue weighted by Gasteiger charge is 2.31. The fourth-order valence-electron chi connectivity index (χ4n) is 3.17. The highest BCUT2D eigenvalue weighted by Crippen LogP contribution is 2.19. The maximum absolute atomic E-state index is 5.71. The van der Waals surface area contributed by atoms with Crippen molar-refractivity contribution in [3.05, 3.63) is 23.9 Å². The minimum atomic E-state index is 0. The largest absolute Gasteiger partial charge is 0.475 e. The van der Waals surface area contributed by atoms with Gasteiger partial charge in [-0.1, -0.05) is 13.0 Å². The van der Waals surface area contributed by atoms with Gasteiger partial charge in [-0.2, -0.15) is 0 Å². The van der Waals surface area contributed by atoms with Crippen LogP contribution in [0.4, 0.5) is 0 Å². The summed E-state index contributed by atoms with van der Waals surface area (Å²) in [6, 6.07) is 4.88. The molecule has 160 valence electrons. The first-order chi connectivity index (χ1) is 13.0. The van der Waals surface area contributed by atoms with E-state index in [0.717, 1.165) is 31.2 Å². The zero-order valence-electron chi connectivity index (χ0n) is 17.8. The lowest BCUT2D eigenvalue weighted by atomic mass is 10.1. The molecule has 2 N–H and O–H groups in total. The van der Waals surface area contributed by atoms with Crippen molar-refractivity contribution in [2.24, 2.45) is 10.9 Å². The van der Waals surface area contributed by atoms with E-state index in [1.165, 1.54) is 0 Å². The number of nitrogens with zero attached hydrogens (tertiary/aromatic N) is 3. The normalized spacial score (nSPS) is 20.1. The molecule has 2 atom stereocenters. The number of ether oxygens (including phenoxy) is 2. The van der Waals surface area contributed by atoms with Crippen LogP contribution in [-0.4, -0.2) is 67.9 Å². The lowest BCUT2D eigenvalue weighted by molar-refractivity contribution is 0.143. The molecule has 7 nitrogen and oxygen atoms in total. The monoisotopic (exact) mass is 505 g/mol. The van der Waals surface area contributed by atoms with E-state index in [1.54, 1.807) is 13.3 Å². The Bertz CT molecular complexity index is 600. The lowest BCUT2D eigenvalue weighted by Gasteiger charge is -2.22. The van der Waals surface area contributed by atoms with E-state index in [2.05, 4.69) is 48.2 Å². The van der Waals surface area contributed by atoms with Gasteiger partial charge in [0.1, 0.15) is 6.61 Å². The molecule has 1 aromatic rings. The van der Waals surface area contributed by atoms with E-state index in [1.807, 2.05) is 12.1 Å². The highest BCUT2D eigenvalue weighted by atomic mass is 127. The maximum Gasteiger partial charge on any atom is 0.218 e.